The van der Waals surface area contributed by atoms with Crippen LogP contribution in [0.25, 0.3) is 11.1 Å². The van der Waals surface area contributed by atoms with E-state index in [0.29, 0.717) is 11.5 Å². The van der Waals surface area contributed by atoms with E-state index in [1.54, 1.807) is 6.07 Å². The van der Waals surface area contributed by atoms with E-state index < -0.39 is 11.6 Å². The van der Waals surface area contributed by atoms with Crippen LogP contribution in [0.15, 0.2) is 49.1 Å². The van der Waals surface area contributed by atoms with E-state index in [1.807, 2.05) is 18.2 Å². The van der Waals surface area contributed by atoms with Gasteiger partial charge in [-0.05, 0) is 67.2 Å². The van der Waals surface area contributed by atoms with E-state index in [0.717, 1.165) is 12.3 Å². The first-order valence-corrected chi connectivity index (χ1v) is 8.87. The van der Waals surface area contributed by atoms with Crippen molar-refractivity contribution in [2.75, 3.05) is 7.11 Å². The lowest BCUT2D eigenvalue weighted by molar-refractivity contribution is 0.328. The Morgan fingerprint density at radius 2 is 1.68 bits per heavy atom. The van der Waals surface area contributed by atoms with Gasteiger partial charge in [0.25, 0.3) is 0 Å². The molecule has 0 aliphatic heterocycles. The molecule has 1 saturated carbocycles. The molecule has 2 aromatic carbocycles. The SMILES string of the molecule is C=CCC1CCC(c2ccc(-c3ccc(OC)c(F)c3F)cc2)CC1. The van der Waals surface area contributed by atoms with Crippen LogP contribution in [0.4, 0.5) is 8.78 Å². The van der Waals surface area contributed by atoms with Crippen LogP contribution < -0.4 is 4.74 Å². The van der Waals surface area contributed by atoms with Crippen molar-refractivity contribution >= 4 is 0 Å². The van der Waals surface area contributed by atoms with Crippen LogP contribution in [0.2, 0.25) is 0 Å². The Balaban J connectivity index is 1.75. The van der Waals surface area contributed by atoms with E-state index in [1.165, 1.54) is 44.4 Å². The summed E-state index contributed by atoms with van der Waals surface area (Å²) in [6, 6.07) is 10.9. The molecule has 0 amide bonds. The molecular formula is C22H24F2O. The highest BCUT2D eigenvalue weighted by Gasteiger charge is 2.22. The summed E-state index contributed by atoms with van der Waals surface area (Å²) in [4.78, 5) is 0. The largest absolute Gasteiger partial charge is 0.494 e. The normalized spacial score (nSPS) is 20.3. The lowest BCUT2D eigenvalue weighted by Gasteiger charge is -2.28. The maximum Gasteiger partial charge on any atom is 0.201 e. The summed E-state index contributed by atoms with van der Waals surface area (Å²) in [7, 11) is 1.33. The third kappa shape index (κ3) is 3.76. The number of hydrogen-bond acceptors (Lipinski definition) is 1. The molecule has 132 valence electrons. The molecule has 1 fully saturated rings. The van der Waals surface area contributed by atoms with Crippen LogP contribution in [-0.4, -0.2) is 7.11 Å². The zero-order chi connectivity index (χ0) is 17.8. The summed E-state index contributed by atoms with van der Waals surface area (Å²) < 4.78 is 33.0. The monoisotopic (exact) mass is 342 g/mol. The highest BCUT2D eigenvalue weighted by molar-refractivity contribution is 5.65. The second-order valence-corrected chi connectivity index (χ2v) is 6.81. The standard InChI is InChI=1S/C22H24F2O/c1-3-4-15-5-7-16(8-6-15)17-9-11-18(12-10-17)19-13-14-20(25-2)22(24)21(19)23/h3,9-16H,1,4-8H2,2H3. The molecule has 0 saturated heterocycles. The molecule has 0 bridgehead atoms. The number of methoxy groups -OCH3 is 1. The van der Waals surface area contributed by atoms with E-state index in [2.05, 4.69) is 18.7 Å². The highest BCUT2D eigenvalue weighted by Crippen LogP contribution is 2.38. The number of halogens is 2. The first-order valence-electron chi connectivity index (χ1n) is 8.87. The van der Waals surface area contributed by atoms with E-state index in [-0.39, 0.29) is 11.3 Å². The first-order chi connectivity index (χ1) is 12.1. The van der Waals surface area contributed by atoms with Crippen LogP contribution in [0.1, 0.15) is 43.6 Å². The Kier molecular flexibility index (Phi) is 5.52. The zero-order valence-electron chi connectivity index (χ0n) is 14.6. The van der Waals surface area contributed by atoms with Crippen molar-refractivity contribution in [3.05, 3.63) is 66.3 Å². The van der Waals surface area contributed by atoms with Gasteiger partial charge in [0.1, 0.15) is 0 Å². The van der Waals surface area contributed by atoms with Crippen LogP contribution >= 0.6 is 0 Å². The number of rotatable bonds is 5. The van der Waals surface area contributed by atoms with Gasteiger partial charge in [0.2, 0.25) is 5.82 Å². The lowest BCUT2D eigenvalue weighted by atomic mass is 9.77. The number of benzene rings is 2. The predicted octanol–water partition coefficient (Wildman–Crippen LogP) is 6.49. The summed E-state index contributed by atoms with van der Waals surface area (Å²) in [6.45, 7) is 3.83. The first kappa shape index (κ1) is 17.7. The Bertz CT molecular complexity index is 728. The smallest absolute Gasteiger partial charge is 0.201 e. The molecule has 1 aliphatic rings. The molecule has 3 heteroatoms. The van der Waals surface area contributed by atoms with Gasteiger partial charge in [-0.25, -0.2) is 4.39 Å². The summed E-state index contributed by atoms with van der Waals surface area (Å²) in [5.74, 6) is -0.548. The molecule has 0 unspecified atom stereocenters. The van der Waals surface area contributed by atoms with Gasteiger partial charge < -0.3 is 4.74 Å². The molecule has 2 aromatic rings. The minimum absolute atomic E-state index is 0.0749. The third-order valence-corrected chi connectivity index (χ3v) is 5.31. The minimum Gasteiger partial charge on any atom is -0.494 e. The van der Waals surface area contributed by atoms with Crippen molar-refractivity contribution in [2.45, 2.75) is 38.0 Å². The maximum absolute atomic E-state index is 14.2. The lowest BCUT2D eigenvalue weighted by Crippen LogP contribution is -2.12. The molecule has 0 N–H and O–H groups in total. The van der Waals surface area contributed by atoms with Crippen molar-refractivity contribution in [3.63, 3.8) is 0 Å². The average Bonchev–Trinajstić information content (AvgIpc) is 2.65. The molecular weight excluding hydrogens is 318 g/mol. The zero-order valence-corrected chi connectivity index (χ0v) is 14.6. The Morgan fingerprint density at radius 3 is 2.28 bits per heavy atom. The highest BCUT2D eigenvalue weighted by atomic mass is 19.2. The number of allylic oxidation sites excluding steroid dienone is 1. The topological polar surface area (TPSA) is 9.23 Å². The Morgan fingerprint density at radius 1 is 1.00 bits per heavy atom. The van der Waals surface area contributed by atoms with Gasteiger partial charge in [0, 0.05) is 5.56 Å². The summed E-state index contributed by atoms with van der Waals surface area (Å²) in [5, 5.41) is 0. The molecule has 0 heterocycles. The van der Waals surface area contributed by atoms with Gasteiger partial charge in [-0.3, -0.25) is 0 Å². The Hall–Kier alpha value is -2.16. The summed E-state index contributed by atoms with van der Waals surface area (Å²) >= 11 is 0. The molecule has 25 heavy (non-hydrogen) atoms. The summed E-state index contributed by atoms with van der Waals surface area (Å²) in [6.07, 6.45) is 7.95. The van der Waals surface area contributed by atoms with Crippen molar-refractivity contribution in [1.82, 2.24) is 0 Å². The minimum atomic E-state index is -0.940. The molecule has 0 aromatic heterocycles. The molecule has 0 radical (unpaired) electrons. The number of ether oxygens (including phenoxy) is 1. The second-order valence-electron chi connectivity index (χ2n) is 6.81. The van der Waals surface area contributed by atoms with Crippen LogP contribution in [0, 0.1) is 17.6 Å². The quantitative estimate of drug-likeness (QED) is 0.564. The van der Waals surface area contributed by atoms with Gasteiger partial charge in [-0.1, -0.05) is 30.3 Å². The van der Waals surface area contributed by atoms with Gasteiger partial charge in [-0.2, -0.15) is 4.39 Å². The van der Waals surface area contributed by atoms with E-state index >= 15 is 0 Å². The van der Waals surface area contributed by atoms with Gasteiger partial charge in [0.05, 0.1) is 7.11 Å². The summed E-state index contributed by atoms with van der Waals surface area (Å²) in [5.41, 5.74) is 2.23. The molecule has 1 nitrogen and oxygen atoms in total. The van der Waals surface area contributed by atoms with E-state index in [4.69, 9.17) is 4.74 Å². The fraction of sp³-hybridized carbons (Fsp3) is 0.364. The van der Waals surface area contributed by atoms with Gasteiger partial charge in [0.15, 0.2) is 11.6 Å². The van der Waals surface area contributed by atoms with Crippen molar-refractivity contribution in [2.24, 2.45) is 5.92 Å². The third-order valence-electron chi connectivity index (χ3n) is 5.31. The molecule has 0 atom stereocenters. The fourth-order valence-corrected chi connectivity index (χ4v) is 3.81. The van der Waals surface area contributed by atoms with Crippen molar-refractivity contribution in [3.8, 4) is 16.9 Å². The molecule has 3 rings (SSSR count). The predicted molar refractivity (Wildman–Crippen MR) is 97.9 cm³/mol. The fourth-order valence-electron chi connectivity index (χ4n) is 3.81. The molecule has 0 spiro atoms. The van der Waals surface area contributed by atoms with Gasteiger partial charge >= 0.3 is 0 Å². The van der Waals surface area contributed by atoms with Crippen LogP contribution in [0.5, 0.6) is 5.75 Å². The van der Waals surface area contributed by atoms with Crippen LogP contribution in [0.3, 0.4) is 0 Å². The second kappa shape index (κ2) is 7.81. The Labute approximate surface area is 148 Å². The van der Waals surface area contributed by atoms with Crippen molar-refractivity contribution < 1.29 is 13.5 Å². The van der Waals surface area contributed by atoms with Crippen molar-refractivity contribution in [1.29, 1.82) is 0 Å². The van der Waals surface area contributed by atoms with Crippen LogP contribution in [-0.2, 0) is 0 Å². The maximum atomic E-state index is 14.2. The van der Waals surface area contributed by atoms with E-state index in [9.17, 15) is 8.78 Å². The average molecular weight is 342 g/mol. The van der Waals surface area contributed by atoms with Gasteiger partial charge in [-0.15, -0.1) is 6.58 Å². The molecule has 1 aliphatic carbocycles. The number of hydrogen-bond donors (Lipinski definition) is 0.